The molecular weight excluding hydrogens is 248 g/mol. The Morgan fingerprint density at radius 2 is 1.79 bits per heavy atom. The summed E-state index contributed by atoms with van der Waals surface area (Å²) >= 11 is 0. The second kappa shape index (κ2) is 5.00. The zero-order chi connectivity index (χ0) is 14.2. The van der Waals surface area contributed by atoms with Gasteiger partial charge in [0, 0.05) is 38.6 Å². The molecule has 2 saturated heterocycles. The average molecular weight is 270 g/mol. The number of rotatable bonds is 3. The van der Waals surface area contributed by atoms with Gasteiger partial charge in [-0.05, 0) is 20.8 Å². The maximum Gasteiger partial charge on any atom is 0.410 e. The molecular formula is C13H22N2O4. The summed E-state index contributed by atoms with van der Waals surface area (Å²) < 4.78 is 5.28. The summed E-state index contributed by atoms with van der Waals surface area (Å²) in [5.74, 6) is -0.468. The summed E-state index contributed by atoms with van der Waals surface area (Å²) in [5, 5.41) is 8.78. The van der Waals surface area contributed by atoms with Crippen LogP contribution in [0, 0.1) is 11.8 Å². The van der Waals surface area contributed by atoms with Crippen LogP contribution in [-0.4, -0.2) is 65.3 Å². The lowest BCUT2D eigenvalue weighted by Gasteiger charge is -2.45. The quantitative estimate of drug-likeness (QED) is 0.824. The third-order valence-electron chi connectivity index (χ3n) is 3.43. The molecule has 0 aromatic rings. The van der Waals surface area contributed by atoms with Crippen LogP contribution in [0.15, 0.2) is 0 Å². The second-order valence-corrected chi connectivity index (χ2v) is 6.51. The highest BCUT2D eigenvalue weighted by molar-refractivity contribution is 5.71. The van der Waals surface area contributed by atoms with Gasteiger partial charge in [-0.1, -0.05) is 0 Å². The lowest BCUT2D eigenvalue weighted by atomic mass is 9.94. The van der Waals surface area contributed by atoms with Crippen molar-refractivity contribution < 1.29 is 19.4 Å². The Bertz CT molecular complexity index is 365. The number of carboxylic acid groups (broad SMARTS) is 1. The number of likely N-dealkylation sites (tertiary alicyclic amines) is 2. The number of hydrogen-bond acceptors (Lipinski definition) is 4. The number of aliphatic carboxylic acids is 1. The zero-order valence-corrected chi connectivity index (χ0v) is 11.8. The normalized spacial score (nSPS) is 21.7. The first-order valence-corrected chi connectivity index (χ1v) is 6.67. The highest BCUT2D eigenvalue weighted by Gasteiger charge is 2.38. The van der Waals surface area contributed by atoms with Crippen LogP contribution in [0.3, 0.4) is 0 Å². The van der Waals surface area contributed by atoms with E-state index in [2.05, 4.69) is 4.90 Å². The molecule has 2 aliphatic rings. The molecule has 0 unspecified atom stereocenters. The molecule has 0 aromatic heterocycles. The van der Waals surface area contributed by atoms with Gasteiger partial charge in [0.2, 0.25) is 0 Å². The fourth-order valence-corrected chi connectivity index (χ4v) is 2.40. The van der Waals surface area contributed by atoms with E-state index in [0.717, 1.165) is 6.54 Å². The number of hydrogen-bond donors (Lipinski definition) is 1. The highest BCUT2D eigenvalue weighted by atomic mass is 16.6. The largest absolute Gasteiger partial charge is 0.481 e. The number of carbonyl (C=O) groups is 2. The molecule has 0 bridgehead atoms. The van der Waals surface area contributed by atoms with Gasteiger partial charge in [-0.3, -0.25) is 4.79 Å². The van der Waals surface area contributed by atoms with Crippen LogP contribution >= 0.6 is 0 Å². The minimum Gasteiger partial charge on any atom is -0.481 e. The molecule has 0 radical (unpaired) electrons. The van der Waals surface area contributed by atoms with Gasteiger partial charge in [0.15, 0.2) is 0 Å². The van der Waals surface area contributed by atoms with Gasteiger partial charge < -0.3 is 19.6 Å². The first-order chi connectivity index (χ1) is 8.74. The first kappa shape index (κ1) is 14.1. The molecule has 2 rings (SSSR count). The van der Waals surface area contributed by atoms with Crippen molar-refractivity contribution in [2.45, 2.75) is 26.4 Å². The third kappa shape index (κ3) is 3.59. The molecule has 1 amide bonds. The van der Waals surface area contributed by atoms with E-state index in [9.17, 15) is 9.59 Å². The molecule has 0 atom stereocenters. The van der Waals surface area contributed by atoms with Crippen molar-refractivity contribution in [3.8, 4) is 0 Å². The zero-order valence-electron chi connectivity index (χ0n) is 11.8. The van der Waals surface area contributed by atoms with Crippen molar-refractivity contribution >= 4 is 12.1 Å². The van der Waals surface area contributed by atoms with E-state index in [0.29, 0.717) is 32.1 Å². The van der Waals surface area contributed by atoms with Gasteiger partial charge >= 0.3 is 12.1 Å². The molecule has 19 heavy (non-hydrogen) atoms. The lowest BCUT2D eigenvalue weighted by molar-refractivity contribution is -0.148. The van der Waals surface area contributed by atoms with Gasteiger partial charge in [0.1, 0.15) is 5.60 Å². The third-order valence-corrected chi connectivity index (χ3v) is 3.43. The summed E-state index contributed by atoms with van der Waals surface area (Å²) in [6.07, 6.45) is -0.254. The van der Waals surface area contributed by atoms with E-state index in [-0.39, 0.29) is 12.0 Å². The van der Waals surface area contributed by atoms with E-state index in [1.165, 1.54) is 0 Å². The highest BCUT2D eigenvalue weighted by Crippen LogP contribution is 2.24. The fourth-order valence-electron chi connectivity index (χ4n) is 2.40. The van der Waals surface area contributed by atoms with Crippen molar-refractivity contribution in [1.82, 2.24) is 9.80 Å². The topological polar surface area (TPSA) is 70.1 Å². The Hall–Kier alpha value is -1.30. The van der Waals surface area contributed by atoms with E-state index in [1.54, 1.807) is 4.90 Å². The van der Waals surface area contributed by atoms with Crippen LogP contribution in [0.5, 0.6) is 0 Å². The number of nitrogens with zero attached hydrogens (tertiary/aromatic N) is 2. The van der Waals surface area contributed by atoms with Crippen molar-refractivity contribution in [1.29, 1.82) is 0 Å². The molecule has 0 saturated carbocycles. The summed E-state index contributed by atoms with van der Waals surface area (Å²) in [7, 11) is 0. The van der Waals surface area contributed by atoms with Crippen LogP contribution in [0.4, 0.5) is 4.79 Å². The number of carboxylic acids is 1. The van der Waals surface area contributed by atoms with Crippen molar-refractivity contribution in [3.05, 3.63) is 0 Å². The number of carbonyl (C=O) groups excluding carboxylic acids is 1. The number of amides is 1. The fraction of sp³-hybridized carbons (Fsp3) is 0.846. The average Bonchev–Trinajstić information content (AvgIpc) is 2.07. The Kier molecular flexibility index (Phi) is 3.71. The van der Waals surface area contributed by atoms with Crippen LogP contribution in [-0.2, 0) is 9.53 Å². The van der Waals surface area contributed by atoms with Gasteiger partial charge in [-0.25, -0.2) is 4.79 Å². The van der Waals surface area contributed by atoms with Gasteiger partial charge in [0.25, 0.3) is 0 Å². The molecule has 6 nitrogen and oxygen atoms in total. The molecule has 1 N–H and O–H groups in total. The van der Waals surface area contributed by atoms with E-state index >= 15 is 0 Å². The second-order valence-electron chi connectivity index (χ2n) is 6.51. The summed E-state index contributed by atoms with van der Waals surface area (Å²) in [6.45, 7) is 9.14. The van der Waals surface area contributed by atoms with Gasteiger partial charge in [-0.2, -0.15) is 0 Å². The number of ether oxygens (including phenoxy) is 1. The predicted molar refractivity (Wildman–Crippen MR) is 68.9 cm³/mol. The smallest absolute Gasteiger partial charge is 0.410 e. The Labute approximate surface area is 113 Å². The van der Waals surface area contributed by atoms with Crippen LogP contribution in [0.1, 0.15) is 20.8 Å². The Balaban J connectivity index is 1.62. The van der Waals surface area contributed by atoms with Gasteiger partial charge in [0.05, 0.1) is 5.92 Å². The van der Waals surface area contributed by atoms with E-state index in [1.807, 2.05) is 20.8 Å². The Morgan fingerprint density at radius 1 is 1.21 bits per heavy atom. The van der Waals surface area contributed by atoms with Crippen molar-refractivity contribution in [3.63, 3.8) is 0 Å². The lowest BCUT2D eigenvalue weighted by Crippen LogP contribution is -2.59. The molecule has 2 fully saturated rings. The summed E-state index contributed by atoms with van der Waals surface area (Å²) in [5.41, 5.74) is -0.450. The predicted octanol–water partition coefficient (Wildman–Crippen LogP) is 0.870. The molecule has 2 heterocycles. The molecule has 0 aromatic carbocycles. The molecule has 0 spiro atoms. The maximum absolute atomic E-state index is 11.7. The minimum absolute atomic E-state index is 0.206. The van der Waals surface area contributed by atoms with Crippen LogP contribution in [0.2, 0.25) is 0 Å². The standard InChI is InChI=1S/C13H22N2O4/c1-13(2,3)19-12(18)15-5-9(6-15)4-14-7-10(8-14)11(16)17/h9-10H,4-8H2,1-3H3,(H,16,17). The van der Waals surface area contributed by atoms with Crippen LogP contribution in [0.25, 0.3) is 0 Å². The molecule has 2 aliphatic heterocycles. The molecule has 6 heteroatoms. The Morgan fingerprint density at radius 3 is 2.26 bits per heavy atom. The van der Waals surface area contributed by atoms with E-state index in [4.69, 9.17) is 9.84 Å². The molecule has 108 valence electrons. The first-order valence-electron chi connectivity index (χ1n) is 6.67. The SMILES string of the molecule is CC(C)(C)OC(=O)N1CC(CN2CC(C(=O)O)C2)C1. The van der Waals surface area contributed by atoms with Crippen LogP contribution < -0.4 is 0 Å². The van der Waals surface area contributed by atoms with E-state index < -0.39 is 11.6 Å². The maximum atomic E-state index is 11.7. The monoisotopic (exact) mass is 270 g/mol. The van der Waals surface area contributed by atoms with Crippen molar-refractivity contribution in [2.24, 2.45) is 11.8 Å². The van der Waals surface area contributed by atoms with Crippen molar-refractivity contribution in [2.75, 3.05) is 32.7 Å². The van der Waals surface area contributed by atoms with Gasteiger partial charge in [-0.15, -0.1) is 0 Å². The minimum atomic E-state index is -0.708. The summed E-state index contributed by atoms with van der Waals surface area (Å²) in [4.78, 5) is 26.2. The summed E-state index contributed by atoms with van der Waals surface area (Å²) in [6, 6.07) is 0. The molecule has 0 aliphatic carbocycles.